The lowest BCUT2D eigenvalue weighted by atomic mass is 10.0. The Hall–Kier alpha value is -1.11. The molecule has 1 saturated heterocycles. The van der Waals surface area contributed by atoms with Gasteiger partial charge in [-0.25, -0.2) is 4.79 Å². The van der Waals surface area contributed by atoms with Gasteiger partial charge in [-0.3, -0.25) is 4.90 Å². The Morgan fingerprint density at radius 2 is 2.05 bits per heavy atom. The van der Waals surface area contributed by atoms with Crippen molar-refractivity contribution in [3.63, 3.8) is 0 Å². The van der Waals surface area contributed by atoms with Crippen LogP contribution in [0.25, 0.3) is 0 Å². The molecule has 0 aliphatic carbocycles. The van der Waals surface area contributed by atoms with Crippen LogP contribution in [0.1, 0.15) is 11.6 Å². The van der Waals surface area contributed by atoms with Gasteiger partial charge in [0.05, 0.1) is 14.2 Å². The predicted molar refractivity (Wildman–Crippen MR) is 79.9 cm³/mol. The molecule has 110 valence electrons. The summed E-state index contributed by atoms with van der Waals surface area (Å²) in [4.78, 5) is 14.4. The molecule has 0 aromatic heterocycles. The minimum Gasteiger partial charge on any atom is -0.496 e. The zero-order valence-corrected chi connectivity index (χ0v) is 13.3. The number of esters is 1. The van der Waals surface area contributed by atoms with Gasteiger partial charge >= 0.3 is 5.97 Å². The van der Waals surface area contributed by atoms with E-state index in [1.165, 1.54) is 7.11 Å². The van der Waals surface area contributed by atoms with E-state index in [9.17, 15) is 4.79 Å². The number of rotatable bonds is 4. The number of methoxy groups -OCH3 is 2. The quantitative estimate of drug-likeness (QED) is 0.842. The van der Waals surface area contributed by atoms with E-state index in [1.54, 1.807) is 7.11 Å². The van der Waals surface area contributed by atoms with Crippen molar-refractivity contribution in [2.75, 3.05) is 40.4 Å². The molecule has 1 aromatic rings. The second-order valence-corrected chi connectivity index (χ2v) is 5.51. The van der Waals surface area contributed by atoms with E-state index >= 15 is 0 Å². The standard InChI is InChI=1S/C14H19BrN2O3/c1-19-12-4-3-10(15)9-11(12)13(14(18)20-2)17-7-5-16-6-8-17/h3-4,9,13,16H,5-8H2,1-2H3. The van der Waals surface area contributed by atoms with Crippen LogP contribution in [-0.4, -0.2) is 51.3 Å². The van der Waals surface area contributed by atoms with Gasteiger partial charge in [0.15, 0.2) is 0 Å². The summed E-state index contributed by atoms with van der Waals surface area (Å²) in [6, 6.07) is 5.24. The smallest absolute Gasteiger partial charge is 0.327 e. The van der Waals surface area contributed by atoms with Crippen LogP contribution in [0.3, 0.4) is 0 Å². The molecule has 2 rings (SSSR count). The molecule has 1 unspecified atom stereocenters. The van der Waals surface area contributed by atoms with Gasteiger partial charge in [-0.15, -0.1) is 0 Å². The number of halogens is 1. The third kappa shape index (κ3) is 3.31. The highest BCUT2D eigenvalue weighted by atomic mass is 79.9. The van der Waals surface area contributed by atoms with Gasteiger partial charge < -0.3 is 14.8 Å². The minimum absolute atomic E-state index is 0.261. The fraction of sp³-hybridized carbons (Fsp3) is 0.500. The Balaban J connectivity index is 2.39. The maximum atomic E-state index is 12.2. The molecule has 1 heterocycles. The van der Waals surface area contributed by atoms with E-state index in [2.05, 4.69) is 26.1 Å². The zero-order valence-electron chi connectivity index (χ0n) is 11.7. The van der Waals surface area contributed by atoms with Crippen LogP contribution in [0.15, 0.2) is 22.7 Å². The summed E-state index contributed by atoms with van der Waals surface area (Å²) >= 11 is 3.45. The maximum absolute atomic E-state index is 12.2. The molecule has 0 radical (unpaired) electrons. The van der Waals surface area contributed by atoms with Crippen molar-refractivity contribution in [3.8, 4) is 5.75 Å². The Labute approximate surface area is 127 Å². The average Bonchev–Trinajstić information content (AvgIpc) is 2.48. The normalized spacial score (nSPS) is 17.6. The van der Waals surface area contributed by atoms with Gasteiger partial charge in [-0.05, 0) is 18.2 Å². The molecule has 0 saturated carbocycles. The van der Waals surface area contributed by atoms with Crippen LogP contribution in [0.5, 0.6) is 5.75 Å². The summed E-state index contributed by atoms with van der Waals surface area (Å²) in [5, 5.41) is 3.28. The molecule has 0 amide bonds. The summed E-state index contributed by atoms with van der Waals surface area (Å²) in [7, 11) is 3.03. The van der Waals surface area contributed by atoms with Crippen molar-refractivity contribution >= 4 is 21.9 Å². The van der Waals surface area contributed by atoms with Crippen LogP contribution in [0.2, 0.25) is 0 Å². The van der Waals surface area contributed by atoms with E-state index < -0.39 is 6.04 Å². The lowest BCUT2D eigenvalue weighted by Crippen LogP contribution is -2.47. The third-order valence-electron chi connectivity index (χ3n) is 3.43. The molecular weight excluding hydrogens is 324 g/mol. The van der Waals surface area contributed by atoms with Gasteiger partial charge in [0, 0.05) is 36.2 Å². The van der Waals surface area contributed by atoms with Crippen LogP contribution in [-0.2, 0) is 9.53 Å². The molecule has 1 aromatic carbocycles. The number of nitrogens with zero attached hydrogens (tertiary/aromatic N) is 1. The Kier molecular flexibility index (Phi) is 5.39. The van der Waals surface area contributed by atoms with Crippen LogP contribution < -0.4 is 10.1 Å². The molecule has 6 heteroatoms. The first-order chi connectivity index (χ1) is 9.67. The first kappa shape index (κ1) is 15.3. The van der Waals surface area contributed by atoms with Gasteiger partial charge in [0.2, 0.25) is 0 Å². The number of piperazine rings is 1. The summed E-state index contributed by atoms with van der Waals surface area (Å²) in [5.74, 6) is 0.436. The van der Waals surface area contributed by atoms with Crippen molar-refractivity contribution in [2.45, 2.75) is 6.04 Å². The summed E-state index contributed by atoms with van der Waals surface area (Å²) in [6.07, 6.45) is 0. The Bertz CT molecular complexity index is 475. The second kappa shape index (κ2) is 7.06. The molecule has 1 fully saturated rings. The molecule has 0 spiro atoms. The van der Waals surface area contributed by atoms with E-state index in [-0.39, 0.29) is 5.97 Å². The highest BCUT2D eigenvalue weighted by Gasteiger charge is 2.32. The largest absolute Gasteiger partial charge is 0.496 e. The van der Waals surface area contributed by atoms with E-state index in [1.807, 2.05) is 18.2 Å². The third-order valence-corrected chi connectivity index (χ3v) is 3.92. The van der Waals surface area contributed by atoms with Crippen molar-refractivity contribution in [1.29, 1.82) is 0 Å². The van der Waals surface area contributed by atoms with Gasteiger partial charge in [0.25, 0.3) is 0 Å². The van der Waals surface area contributed by atoms with Gasteiger partial charge in [-0.1, -0.05) is 15.9 Å². The van der Waals surface area contributed by atoms with Gasteiger partial charge in [0.1, 0.15) is 11.8 Å². The molecule has 1 aliphatic heterocycles. The maximum Gasteiger partial charge on any atom is 0.327 e. The monoisotopic (exact) mass is 342 g/mol. The average molecular weight is 343 g/mol. The second-order valence-electron chi connectivity index (χ2n) is 4.60. The van der Waals surface area contributed by atoms with E-state index in [0.717, 1.165) is 36.2 Å². The number of benzene rings is 1. The minimum atomic E-state index is -0.436. The van der Waals surface area contributed by atoms with Gasteiger partial charge in [-0.2, -0.15) is 0 Å². The molecular formula is C14H19BrN2O3. The predicted octanol–water partition coefficient (Wildman–Crippen LogP) is 1.58. The number of carbonyl (C=O) groups excluding carboxylic acids is 1. The van der Waals surface area contributed by atoms with Crippen LogP contribution in [0, 0.1) is 0 Å². The first-order valence-electron chi connectivity index (χ1n) is 6.53. The highest BCUT2D eigenvalue weighted by Crippen LogP contribution is 2.33. The van der Waals surface area contributed by atoms with Crippen LogP contribution in [0.4, 0.5) is 0 Å². The number of nitrogens with one attached hydrogen (secondary N) is 1. The fourth-order valence-electron chi connectivity index (χ4n) is 2.44. The Morgan fingerprint density at radius 1 is 1.35 bits per heavy atom. The molecule has 1 N–H and O–H groups in total. The first-order valence-corrected chi connectivity index (χ1v) is 7.32. The Morgan fingerprint density at radius 3 is 2.65 bits per heavy atom. The fourth-order valence-corrected chi connectivity index (χ4v) is 2.82. The lowest BCUT2D eigenvalue weighted by molar-refractivity contribution is -0.147. The number of carbonyl (C=O) groups is 1. The zero-order chi connectivity index (χ0) is 14.5. The number of hydrogen-bond acceptors (Lipinski definition) is 5. The number of hydrogen-bond donors (Lipinski definition) is 1. The molecule has 20 heavy (non-hydrogen) atoms. The van der Waals surface area contributed by atoms with Crippen LogP contribution >= 0.6 is 15.9 Å². The molecule has 0 bridgehead atoms. The topological polar surface area (TPSA) is 50.8 Å². The van der Waals surface area contributed by atoms with E-state index in [0.29, 0.717) is 5.75 Å². The number of ether oxygens (including phenoxy) is 2. The van der Waals surface area contributed by atoms with Crippen molar-refractivity contribution in [2.24, 2.45) is 0 Å². The van der Waals surface area contributed by atoms with Crippen molar-refractivity contribution < 1.29 is 14.3 Å². The van der Waals surface area contributed by atoms with Crippen molar-refractivity contribution in [3.05, 3.63) is 28.2 Å². The summed E-state index contributed by atoms with van der Waals surface area (Å²) in [6.45, 7) is 3.33. The van der Waals surface area contributed by atoms with Crippen molar-refractivity contribution in [1.82, 2.24) is 10.2 Å². The summed E-state index contributed by atoms with van der Waals surface area (Å²) < 4.78 is 11.3. The van der Waals surface area contributed by atoms with E-state index in [4.69, 9.17) is 9.47 Å². The molecule has 1 atom stereocenters. The highest BCUT2D eigenvalue weighted by molar-refractivity contribution is 9.10. The SMILES string of the molecule is COC(=O)C(c1cc(Br)ccc1OC)N1CCNCC1. The lowest BCUT2D eigenvalue weighted by Gasteiger charge is -2.34. The summed E-state index contributed by atoms with van der Waals surface area (Å²) in [5.41, 5.74) is 0.829. The molecule has 1 aliphatic rings. The molecule has 5 nitrogen and oxygen atoms in total.